The number of hydrogen-bond acceptors (Lipinski definition) is 3. The van der Waals surface area contributed by atoms with Crippen LogP contribution in [0, 0.1) is 5.41 Å². The molecule has 1 aromatic rings. The van der Waals surface area contributed by atoms with Crippen LogP contribution in [-0.4, -0.2) is 25.6 Å². The van der Waals surface area contributed by atoms with Gasteiger partial charge in [-0.1, -0.05) is 26.0 Å². The zero-order chi connectivity index (χ0) is 15.9. The minimum absolute atomic E-state index is 0.104. The summed E-state index contributed by atoms with van der Waals surface area (Å²) in [5, 5.41) is 2.76. The molecule has 118 valence electrons. The van der Waals surface area contributed by atoms with Gasteiger partial charge in [0.2, 0.25) is 0 Å². The molecule has 0 aromatic heterocycles. The summed E-state index contributed by atoms with van der Waals surface area (Å²) in [7, 11) is 0. The highest BCUT2D eigenvalue weighted by Gasteiger charge is 2.20. The maximum Gasteiger partial charge on any atom is 0.387 e. The van der Waals surface area contributed by atoms with Gasteiger partial charge in [-0.3, -0.25) is 4.79 Å². The van der Waals surface area contributed by atoms with Crippen molar-refractivity contribution >= 4 is 5.91 Å². The summed E-state index contributed by atoms with van der Waals surface area (Å²) in [6.07, 6.45) is 1.74. The van der Waals surface area contributed by atoms with Crippen LogP contribution in [0.2, 0.25) is 0 Å². The van der Waals surface area contributed by atoms with E-state index < -0.39 is 12.5 Å². The van der Waals surface area contributed by atoms with Crippen LogP contribution in [-0.2, 0) is 0 Å². The van der Waals surface area contributed by atoms with E-state index in [0.717, 1.165) is 12.8 Å². The van der Waals surface area contributed by atoms with Crippen LogP contribution in [0.3, 0.4) is 0 Å². The number of rotatable bonds is 8. The molecule has 0 unspecified atom stereocenters. The summed E-state index contributed by atoms with van der Waals surface area (Å²) in [6, 6.07) is 5.95. The molecule has 0 saturated heterocycles. The van der Waals surface area contributed by atoms with Crippen LogP contribution in [0.15, 0.2) is 24.3 Å². The minimum atomic E-state index is -2.96. The highest BCUT2D eigenvalue weighted by atomic mass is 19.3. The number of amides is 1. The number of hydrogen-bond donors (Lipinski definition) is 2. The van der Waals surface area contributed by atoms with Crippen molar-refractivity contribution in [3.05, 3.63) is 29.8 Å². The second kappa shape index (κ2) is 7.93. The lowest BCUT2D eigenvalue weighted by Gasteiger charge is -2.25. The maximum absolute atomic E-state index is 12.3. The molecule has 0 saturated carbocycles. The first-order valence-electron chi connectivity index (χ1n) is 6.88. The Morgan fingerprint density at radius 3 is 2.67 bits per heavy atom. The lowest BCUT2D eigenvalue weighted by atomic mass is 9.87. The van der Waals surface area contributed by atoms with Crippen molar-refractivity contribution in [2.45, 2.75) is 33.3 Å². The molecule has 0 spiro atoms. The Bertz CT molecular complexity index is 465. The number of para-hydroxylation sites is 1. The second-order valence-electron chi connectivity index (χ2n) is 5.61. The lowest BCUT2D eigenvalue weighted by molar-refractivity contribution is -0.0501. The van der Waals surface area contributed by atoms with Crippen molar-refractivity contribution in [3.63, 3.8) is 0 Å². The number of halogens is 2. The summed E-state index contributed by atoms with van der Waals surface area (Å²) >= 11 is 0. The van der Waals surface area contributed by atoms with E-state index in [1.54, 1.807) is 12.1 Å². The van der Waals surface area contributed by atoms with Crippen LogP contribution in [0.5, 0.6) is 5.75 Å². The van der Waals surface area contributed by atoms with Gasteiger partial charge in [0.25, 0.3) is 5.91 Å². The molecule has 1 rings (SSSR count). The Balaban J connectivity index is 2.67. The summed E-state index contributed by atoms with van der Waals surface area (Å²) in [6.45, 7) is 2.12. The van der Waals surface area contributed by atoms with Crippen molar-refractivity contribution in [2.75, 3.05) is 13.1 Å². The zero-order valence-electron chi connectivity index (χ0n) is 12.4. The first-order valence-corrected chi connectivity index (χ1v) is 6.88. The number of ether oxygens (including phenoxy) is 1. The Morgan fingerprint density at radius 2 is 2.05 bits per heavy atom. The van der Waals surface area contributed by atoms with Crippen LogP contribution >= 0.6 is 0 Å². The standard InChI is InChI=1S/C15H22F2N2O2/c1-15(2,8-5-9-18)10-19-13(20)11-6-3-4-7-12(11)21-14(16)17/h3-4,6-7,14H,5,8-10,18H2,1-2H3,(H,19,20). The molecule has 0 radical (unpaired) electrons. The molecule has 21 heavy (non-hydrogen) atoms. The molecule has 1 aromatic carbocycles. The highest BCUT2D eigenvalue weighted by molar-refractivity contribution is 5.96. The number of nitrogens with two attached hydrogens (primary N) is 1. The van der Waals surface area contributed by atoms with Gasteiger partial charge in [0.05, 0.1) is 5.56 Å². The van der Waals surface area contributed by atoms with Gasteiger partial charge in [0.15, 0.2) is 0 Å². The molecule has 6 heteroatoms. The number of alkyl halides is 2. The Morgan fingerprint density at radius 1 is 1.38 bits per heavy atom. The fourth-order valence-corrected chi connectivity index (χ4v) is 1.94. The molecule has 4 nitrogen and oxygen atoms in total. The van der Waals surface area contributed by atoms with Crippen LogP contribution in [0.4, 0.5) is 8.78 Å². The maximum atomic E-state index is 12.3. The summed E-state index contributed by atoms with van der Waals surface area (Å²) in [5.74, 6) is -0.545. The van der Waals surface area contributed by atoms with Crippen LogP contribution < -0.4 is 15.8 Å². The monoisotopic (exact) mass is 300 g/mol. The molecule has 0 atom stereocenters. The van der Waals surface area contributed by atoms with Gasteiger partial charge in [0.1, 0.15) is 5.75 Å². The van der Waals surface area contributed by atoms with Gasteiger partial charge in [-0.05, 0) is 36.9 Å². The van der Waals surface area contributed by atoms with Gasteiger partial charge in [-0.25, -0.2) is 0 Å². The van der Waals surface area contributed by atoms with Gasteiger partial charge < -0.3 is 15.8 Å². The van der Waals surface area contributed by atoms with Crippen LogP contribution in [0.1, 0.15) is 37.0 Å². The van der Waals surface area contributed by atoms with E-state index >= 15 is 0 Å². The molecule has 0 fully saturated rings. The SMILES string of the molecule is CC(C)(CCCN)CNC(=O)c1ccccc1OC(F)F. The highest BCUT2D eigenvalue weighted by Crippen LogP contribution is 2.23. The second-order valence-corrected chi connectivity index (χ2v) is 5.61. The largest absolute Gasteiger partial charge is 0.434 e. The molecular weight excluding hydrogens is 278 g/mol. The van der Waals surface area contributed by atoms with Crippen LogP contribution in [0.25, 0.3) is 0 Å². The first-order chi connectivity index (χ1) is 9.85. The fourth-order valence-electron chi connectivity index (χ4n) is 1.94. The molecule has 3 N–H and O–H groups in total. The molecule has 1 amide bonds. The van der Waals surface area contributed by atoms with Gasteiger partial charge >= 0.3 is 6.61 Å². The normalized spacial score (nSPS) is 11.5. The van der Waals surface area contributed by atoms with Gasteiger partial charge in [-0.2, -0.15) is 8.78 Å². The molecule has 0 aliphatic heterocycles. The molecular formula is C15H22F2N2O2. The molecule has 0 aliphatic carbocycles. The number of carbonyl (C=O) groups is 1. The lowest BCUT2D eigenvalue weighted by Crippen LogP contribution is -2.34. The van der Waals surface area contributed by atoms with Gasteiger partial charge in [0, 0.05) is 6.54 Å². The Labute approximate surface area is 123 Å². The third-order valence-electron chi connectivity index (χ3n) is 3.13. The van der Waals surface area contributed by atoms with E-state index in [4.69, 9.17) is 5.73 Å². The van der Waals surface area contributed by atoms with E-state index in [9.17, 15) is 13.6 Å². The summed E-state index contributed by atoms with van der Waals surface area (Å²) < 4.78 is 29.0. The van der Waals surface area contributed by atoms with E-state index in [0.29, 0.717) is 13.1 Å². The first kappa shape index (κ1) is 17.4. The molecule has 0 aliphatic rings. The fraction of sp³-hybridized carbons (Fsp3) is 0.533. The summed E-state index contributed by atoms with van der Waals surface area (Å²) in [4.78, 5) is 12.1. The summed E-state index contributed by atoms with van der Waals surface area (Å²) in [5.41, 5.74) is 5.47. The topological polar surface area (TPSA) is 64.3 Å². The van der Waals surface area contributed by atoms with E-state index in [1.807, 2.05) is 13.8 Å². The Hall–Kier alpha value is -1.69. The van der Waals surface area contributed by atoms with Crippen molar-refractivity contribution in [2.24, 2.45) is 11.1 Å². The van der Waals surface area contributed by atoms with Crippen molar-refractivity contribution in [1.82, 2.24) is 5.32 Å². The van der Waals surface area contributed by atoms with E-state index in [2.05, 4.69) is 10.1 Å². The van der Waals surface area contributed by atoms with Crippen molar-refractivity contribution in [3.8, 4) is 5.75 Å². The predicted octanol–water partition coefficient (Wildman–Crippen LogP) is 2.78. The average molecular weight is 300 g/mol. The number of carbonyl (C=O) groups excluding carboxylic acids is 1. The molecule has 0 heterocycles. The smallest absolute Gasteiger partial charge is 0.387 e. The third kappa shape index (κ3) is 6.08. The average Bonchev–Trinajstić information content (AvgIpc) is 2.43. The number of benzene rings is 1. The Kier molecular flexibility index (Phi) is 6.55. The number of nitrogens with one attached hydrogen (secondary N) is 1. The zero-order valence-corrected chi connectivity index (χ0v) is 12.4. The van der Waals surface area contributed by atoms with E-state index in [-0.39, 0.29) is 16.7 Å². The van der Waals surface area contributed by atoms with Crippen molar-refractivity contribution < 1.29 is 18.3 Å². The minimum Gasteiger partial charge on any atom is -0.434 e. The quantitative estimate of drug-likeness (QED) is 0.776. The molecule has 0 bridgehead atoms. The predicted molar refractivity (Wildman–Crippen MR) is 77.5 cm³/mol. The van der Waals surface area contributed by atoms with Crippen molar-refractivity contribution in [1.29, 1.82) is 0 Å². The van der Waals surface area contributed by atoms with Gasteiger partial charge in [-0.15, -0.1) is 0 Å². The third-order valence-corrected chi connectivity index (χ3v) is 3.13. The van der Waals surface area contributed by atoms with E-state index in [1.165, 1.54) is 12.1 Å².